The van der Waals surface area contributed by atoms with Crippen LogP contribution < -0.4 is 0 Å². The van der Waals surface area contributed by atoms with E-state index in [4.69, 9.17) is 5.11 Å². The Morgan fingerprint density at radius 3 is 2.62 bits per heavy atom. The Labute approximate surface area is 94.1 Å². The van der Waals surface area contributed by atoms with E-state index < -0.39 is 25.2 Å². The van der Waals surface area contributed by atoms with Gasteiger partial charge in [-0.05, 0) is 11.4 Å². The lowest BCUT2D eigenvalue weighted by Crippen LogP contribution is -2.37. The molecule has 0 radical (unpaired) electrons. The molecular formula is C9H10F3NO2S. The molecule has 0 amide bonds. The third-order valence-electron chi connectivity index (χ3n) is 1.72. The number of carboxylic acids is 1. The number of aliphatic carboxylic acids is 1. The van der Waals surface area contributed by atoms with Gasteiger partial charge in [0.15, 0.2) is 0 Å². The van der Waals surface area contributed by atoms with Gasteiger partial charge >= 0.3 is 12.1 Å². The Morgan fingerprint density at radius 2 is 2.19 bits per heavy atom. The number of nitrogens with zero attached hydrogens (tertiary/aromatic N) is 1. The molecule has 0 atom stereocenters. The Balaban J connectivity index is 2.60. The van der Waals surface area contributed by atoms with E-state index in [0.29, 0.717) is 4.88 Å². The van der Waals surface area contributed by atoms with Crippen LogP contribution in [0.15, 0.2) is 17.5 Å². The van der Waals surface area contributed by atoms with Crippen molar-refractivity contribution in [3.8, 4) is 0 Å². The van der Waals surface area contributed by atoms with Gasteiger partial charge in [0.25, 0.3) is 0 Å². The molecular weight excluding hydrogens is 243 g/mol. The van der Waals surface area contributed by atoms with Gasteiger partial charge in [0.1, 0.15) is 0 Å². The lowest BCUT2D eigenvalue weighted by molar-refractivity contribution is -0.154. The fourth-order valence-corrected chi connectivity index (χ4v) is 1.98. The standard InChI is InChI=1S/C9H10F3NO2S/c10-9(11,12)6-13(5-8(14)15)4-7-2-1-3-16-7/h1-3H,4-6H2,(H,14,15). The van der Waals surface area contributed by atoms with Crippen LogP contribution in [0.1, 0.15) is 4.88 Å². The SMILES string of the molecule is O=C(O)CN(Cc1cccs1)CC(F)(F)F. The maximum absolute atomic E-state index is 12.2. The fourth-order valence-electron chi connectivity index (χ4n) is 1.24. The van der Waals surface area contributed by atoms with Crippen LogP contribution in [0.4, 0.5) is 13.2 Å². The van der Waals surface area contributed by atoms with Crippen LogP contribution in [0, 0.1) is 0 Å². The molecule has 3 nitrogen and oxygen atoms in total. The van der Waals surface area contributed by atoms with Crippen LogP contribution in [0.25, 0.3) is 0 Å². The van der Waals surface area contributed by atoms with Gasteiger partial charge in [-0.2, -0.15) is 13.2 Å². The largest absolute Gasteiger partial charge is 0.480 e. The number of carboxylic acid groups (broad SMARTS) is 1. The molecule has 1 aromatic heterocycles. The average molecular weight is 253 g/mol. The zero-order valence-electron chi connectivity index (χ0n) is 8.20. The van der Waals surface area contributed by atoms with Crippen molar-refractivity contribution >= 4 is 17.3 Å². The molecule has 0 unspecified atom stereocenters. The molecule has 0 aliphatic rings. The first-order valence-electron chi connectivity index (χ1n) is 4.40. The molecule has 0 bridgehead atoms. The number of carbonyl (C=O) groups is 1. The highest BCUT2D eigenvalue weighted by molar-refractivity contribution is 7.09. The van der Waals surface area contributed by atoms with Crippen molar-refractivity contribution in [1.82, 2.24) is 4.90 Å². The minimum atomic E-state index is -4.38. The number of thiophene rings is 1. The van der Waals surface area contributed by atoms with E-state index in [1.807, 2.05) is 0 Å². The zero-order valence-corrected chi connectivity index (χ0v) is 9.01. The summed E-state index contributed by atoms with van der Waals surface area (Å²) in [6, 6.07) is 3.39. The highest BCUT2D eigenvalue weighted by Crippen LogP contribution is 2.19. The van der Waals surface area contributed by atoms with Crippen LogP contribution in [0.3, 0.4) is 0 Å². The molecule has 1 heterocycles. The maximum Gasteiger partial charge on any atom is 0.401 e. The molecule has 1 aromatic rings. The summed E-state index contributed by atoms with van der Waals surface area (Å²) in [7, 11) is 0. The molecule has 90 valence electrons. The second kappa shape index (κ2) is 5.31. The number of hydrogen-bond donors (Lipinski definition) is 1. The molecule has 16 heavy (non-hydrogen) atoms. The molecule has 0 saturated heterocycles. The zero-order chi connectivity index (χ0) is 12.2. The van der Waals surface area contributed by atoms with Crippen molar-refractivity contribution < 1.29 is 23.1 Å². The van der Waals surface area contributed by atoms with E-state index in [1.165, 1.54) is 11.3 Å². The number of halogens is 3. The Hall–Kier alpha value is -1.08. The van der Waals surface area contributed by atoms with Crippen molar-refractivity contribution in [2.45, 2.75) is 12.7 Å². The van der Waals surface area contributed by atoms with Gasteiger partial charge in [-0.25, -0.2) is 0 Å². The van der Waals surface area contributed by atoms with Gasteiger partial charge in [0, 0.05) is 11.4 Å². The maximum atomic E-state index is 12.2. The molecule has 0 aliphatic carbocycles. The summed E-state index contributed by atoms with van der Waals surface area (Å²) in [5, 5.41) is 10.2. The topological polar surface area (TPSA) is 40.5 Å². The van der Waals surface area contributed by atoms with Crippen molar-refractivity contribution in [3.05, 3.63) is 22.4 Å². The van der Waals surface area contributed by atoms with E-state index in [-0.39, 0.29) is 6.54 Å². The average Bonchev–Trinajstić information content (AvgIpc) is 2.51. The molecule has 0 spiro atoms. The highest BCUT2D eigenvalue weighted by Gasteiger charge is 2.31. The second-order valence-electron chi connectivity index (χ2n) is 3.23. The molecule has 7 heteroatoms. The summed E-state index contributed by atoms with van der Waals surface area (Å²) in [4.78, 5) is 12.0. The van der Waals surface area contributed by atoms with E-state index in [1.54, 1.807) is 17.5 Å². The number of alkyl halides is 3. The van der Waals surface area contributed by atoms with Gasteiger partial charge in [0.05, 0.1) is 13.1 Å². The summed E-state index contributed by atoms with van der Waals surface area (Å²) in [5.74, 6) is -1.26. The molecule has 0 fully saturated rings. The van der Waals surface area contributed by atoms with E-state index in [2.05, 4.69) is 0 Å². The Kier molecular flexibility index (Phi) is 4.31. The first-order chi connectivity index (χ1) is 7.37. The minimum Gasteiger partial charge on any atom is -0.480 e. The molecule has 1 N–H and O–H groups in total. The normalized spacial score (nSPS) is 12.0. The van der Waals surface area contributed by atoms with Gasteiger partial charge < -0.3 is 5.11 Å². The second-order valence-corrected chi connectivity index (χ2v) is 4.27. The van der Waals surface area contributed by atoms with Crippen molar-refractivity contribution in [3.63, 3.8) is 0 Å². The van der Waals surface area contributed by atoms with E-state index >= 15 is 0 Å². The van der Waals surface area contributed by atoms with Crippen molar-refractivity contribution in [2.24, 2.45) is 0 Å². The summed E-state index contributed by atoms with van der Waals surface area (Å²) in [6.45, 7) is -1.82. The molecule has 1 rings (SSSR count). The quantitative estimate of drug-likeness (QED) is 0.874. The summed E-state index contributed by atoms with van der Waals surface area (Å²) in [5.41, 5.74) is 0. The Morgan fingerprint density at radius 1 is 1.50 bits per heavy atom. The first kappa shape index (κ1) is 13.0. The van der Waals surface area contributed by atoms with Crippen LogP contribution >= 0.6 is 11.3 Å². The van der Waals surface area contributed by atoms with Gasteiger partial charge in [-0.3, -0.25) is 9.69 Å². The molecule has 0 aliphatic heterocycles. The summed E-state index contributed by atoms with van der Waals surface area (Å²) < 4.78 is 36.5. The van der Waals surface area contributed by atoms with Crippen LogP contribution in [-0.2, 0) is 11.3 Å². The van der Waals surface area contributed by atoms with Gasteiger partial charge in [-0.1, -0.05) is 6.07 Å². The Bertz CT molecular complexity index is 337. The third-order valence-corrected chi connectivity index (χ3v) is 2.58. The van der Waals surface area contributed by atoms with Gasteiger partial charge in [0.2, 0.25) is 0 Å². The monoisotopic (exact) mass is 253 g/mol. The van der Waals surface area contributed by atoms with Crippen molar-refractivity contribution in [2.75, 3.05) is 13.1 Å². The van der Waals surface area contributed by atoms with Crippen molar-refractivity contribution in [1.29, 1.82) is 0 Å². The smallest absolute Gasteiger partial charge is 0.401 e. The predicted molar refractivity (Wildman–Crippen MR) is 53.3 cm³/mol. The van der Waals surface area contributed by atoms with Gasteiger partial charge in [-0.15, -0.1) is 11.3 Å². The predicted octanol–water partition coefficient (Wildman–Crippen LogP) is 2.20. The lowest BCUT2D eigenvalue weighted by atomic mass is 10.4. The number of rotatable bonds is 5. The van der Waals surface area contributed by atoms with E-state index in [9.17, 15) is 18.0 Å². The van der Waals surface area contributed by atoms with Crippen LogP contribution in [-0.4, -0.2) is 35.2 Å². The summed E-state index contributed by atoms with van der Waals surface area (Å²) >= 11 is 1.30. The third kappa shape index (κ3) is 5.13. The first-order valence-corrected chi connectivity index (χ1v) is 5.28. The fraction of sp³-hybridized carbons (Fsp3) is 0.444. The summed E-state index contributed by atoms with van der Waals surface area (Å²) in [6.07, 6.45) is -4.38. The van der Waals surface area contributed by atoms with E-state index in [0.717, 1.165) is 4.90 Å². The molecule has 0 saturated carbocycles. The lowest BCUT2D eigenvalue weighted by Gasteiger charge is -2.20. The van der Waals surface area contributed by atoms with Crippen LogP contribution in [0.2, 0.25) is 0 Å². The minimum absolute atomic E-state index is 0.00345. The number of hydrogen-bond acceptors (Lipinski definition) is 3. The highest BCUT2D eigenvalue weighted by atomic mass is 32.1. The van der Waals surface area contributed by atoms with Crippen LogP contribution in [0.5, 0.6) is 0 Å². The molecule has 0 aromatic carbocycles.